The molecule has 0 bridgehead atoms. The largest absolute Gasteiger partial charge is 0.376 e. The Hall–Kier alpha value is -2.58. The molecular weight excluding hydrogens is 368 g/mol. The van der Waals surface area contributed by atoms with Gasteiger partial charge in [-0.15, -0.1) is 5.10 Å². The third-order valence-corrected chi connectivity index (χ3v) is 5.71. The predicted molar refractivity (Wildman–Crippen MR) is 111 cm³/mol. The van der Waals surface area contributed by atoms with Crippen LogP contribution in [0, 0.1) is 6.92 Å². The number of pyridine rings is 1. The number of tetrazole rings is 1. The molecule has 1 aromatic carbocycles. The second-order valence-corrected chi connectivity index (χ2v) is 7.62. The molecule has 3 heterocycles. The van der Waals surface area contributed by atoms with E-state index in [1.165, 1.54) is 0 Å². The fourth-order valence-corrected chi connectivity index (χ4v) is 4.15. The molecule has 0 amide bonds. The fraction of sp³-hybridized carbons (Fsp3) is 0.524. The normalized spacial score (nSPS) is 18.0. The molecule has 1 aliphatic heterocycles. The topological polar surface area (TPSA) is 88.9 Å². The highest BCUT2D eigenvalue weighted by Gasteiger charge is 2.30. The third-order valence-electron chi connectivity index (χ3n) is 5.71. The average Bonchev–Trinajstić information content (AvgIpc) is 3.39. The van der Waals surface area contributed by atoms with Crippen LogP contribution in [0.1, 0.15) is 49.7 Å². The Labute approximate surface area is 169 Å². The molecule has 3 aromatic rings. The minimum absolute atomic E-state index is 0.107. The summed E-state index contributed by atoms with van der Waals surface area (Å²) in [5.41, 5.74) is 2.54. The molecule has 0 unspecified atom stereocenters. The number of aromatic amines is 1. The zero-order valence-electron chi connectivity index (χ0n) is 17.3. The summed E-state index contributed by atoms with van der Waals surface area (Å²) in [5, 5.41) is 13.5. The zero-order chi connectivity index (χ0) is 20.4. The van der Waals surface area contributed by atoms with Gasteiger partial charge in [0.15, 0.2) is 5.82 Å². The van der Waals surface area contributed by atoms with Gasteiger partial charge in [0.2, 0.25) is 0 Å². The van der Waals surface area contributed by atoms with Crippen LogP contribution in [0.4, 0.5) is 0 Å². The zero-order valence-corrected chi connectivity index (χ0v) is 17.3. The van der Waals surface area contributed by atoms with E-state index in [-0.39, 0.29) is 17.7 Å². The van der Waals surface area contributed by atoms with Gasteiger partial charge in [0.1, 0.15) is 6.04 Å². The van der Waals surface area contributed by atoms with Crippen LogP contribution in [0.2, 0.25) is 0 Å². The van der Waals surface area contributed by atoms with Crippen LogP contribution in [0.25, 0.3) is 10.9 Å². The highest BCUT2D eigenvalue weighted by Crippen LogP contribution is 2.27. The predicted octanol–water partition coefficient (Wildman–Crippen LogP) is 2.43. The molecule has 2 aromatic heterocycles. The minimum atomic E-state index is -0.324. The number of hydrogen-bond donors (Lipinski definition) is 1. The second kappa shape index (κ2) is 8.42. The molecule has 8 nitrogen and oxygen atoms in total. The van der Waals surface area contributed by atoms with Gasteiger partial charge in [-0.05, 0) is 66.9 Å². The van der Waals surface area contributed by atoms with Gasteiger partial charge in [-0.2, -0.15) is 0 Å². The maximum Gasteiger partial charge on any atom is 0.253 e. The Bertz CT molecular complexity index is 1030. The highest BCUT2D eigenvalue weighted by atomic mass is 16.5. The summed E-state index contributed by atoms with van der Waals surface area (Å²) in [5.74, 6) is 0.682. The van der Waals surface area contributed by atoms with Crippen molar-refractivity contribution in [1.82, 2.24) is 30.1 Å². The van der Waals surface area contributed by atoms with E-state index in [2.05, 4.69) is 45.3 Å². The van der Waals surface area contributed by atoms with Crippen LogP contribution in [0.5, 0.6) is 0 Å². The van der Waals surface area contributed by atoms with E-state index in [4.69, 9.17) is 4.74 Å². The smallest absolute Gasteiger partial charge is 0.253 e. The third kappa shape index (κ3) is 3.95. The summed E-state index contributed by atoms with van der Waals surface area (Å²) in [4.78, 5) is 18.3. The van der Waals surface area contributed by atoms with Crippen molar-refractivity contribution >= 4 is 10.9 Å². The molecule has 1 saturated heterocycles. The van der Waals surface area contributed by atoms with Crippen LogP contribution in [-0.2, 0) is 11.3 Å². The van der Waals surface area contributed by atoms with Gasteiger partial charge in [-0.1, -0.05) is 25.5 Å². The van der Waals surface area contributed by atoms with Gasteiger partial charge in [0, 0.05) is 17.7 Å². The lowest BCUT2D eigenvalue weighted by Gasteiger charge is -2.29. The van der Waals surface area contributed by atoms with Crippen molar-refractivity contribution in [2.24, 2.45) is 0 Å². The SMILES string of the molecule is CCN(CC)[C@@H](c1cc2cc(C)ccc2[nH]c1=O)c1nnnn1C[C@@H]1CCCO1. The lowest BCUT2D eigenvalue weighted by atomic mass is 10.0. The molecule has 0 radical (unpaired) electrons. The van der Waals surface area contributed by atoms with Gasteiger partial charge < -0.3 is 9.72 Å². The summed E-state index contributed by atoms with van der Waals surface area (Å²) in [7, 11) is 0. The number of hydrogen-bond acceptors (Lipinski definition) is 6. The molecular formula is C21H28N6O2. The van der Waals surface area contributed by atoms with Crippen molar-refractivity contribution in [3.05, 3.63) is 51.6 Å². The van der Waals surface area contributed by atoms with Gasteiger partial charge in [-0.25, -0.2) is 4.68 Å². The molecule has 0 spiro atoms. The molecule has 8 heteroatoms. The van der Waals surface area contributed by atoms with E-state index in [9.17, 15) is 4.79 Å². The van der Waals surface area contributed by atoms with Crippen molar-refractivity contribution in [3.63, 3.8) is 0 Å². The lowest BCUT2D eigenvalue weighted by molar-refractivity contribution is 0.0910. The minimum Gasteiger partial charge on any atom is -0.376 e. The first-order valence-corrected chi connectivity index (χ1v) is 10.4. The highest BCUT2D eigenvalue weighted by molar-refractivity contribution is 5.79. The molecule has 2 atom stereocenters. The fourth-order valence-electron chi connectivity index (χ4n) is 4.15. The monoisotopic (exact) mass is 396 g/mol. The van der Waals surface area contributed by atoms with Crippen LogP contribution < -0.4 is 5.56 Å². The van der Waals surface area contributed by atoms with E-state index in [0.717, 1.165) is 49.0 Å². The number of benzene rings is 1. The maximum atomic E-state index is 13.1. The van der Waals surface area contributed by atoms with E-state index in [0.29, 0.717) is 17.9 Å². The summed E-state index contributed by atoms with van der Waals surface area (Å²) in [6.45, 7) is 9.16. The summed E-state index contributed by atoms with van der Waals surface area (Å²) in [6, 6.07) is 7.69. The summed E-state index contributed by atoms with van der Waals surface area (Å²) >= 11 is 0. The van der Waals surface area contributed by atoms with Crippen molar-refractivity contribution in [1.29, 1.82) is 0 Å². The molecule has 154 valence electrons. The van der Waals surface area contributed by atoms with Crippen LogP contribution >= 0.6 is 0 Å². The number of rotatable bonds is 7. The number of aromatic nitrogens is 5. The number of fused-ring (bicyclic) bond motifs is 1. The van der Waals surface area contributed by atoms with Gasteiger partial charge in [-0.3, -0.25) is 9.69 Å². The number of nitrogens with zero attached hydrogens (tertiary/aromatic N) is 5. The Kier molecular flexibility index (Phi) is 5.73. The molecule has 29 heavy (non-hydrogen) atoms. The Balaban J connectivity index is 1.81. The summed E-state index contributed by atoms with van der Waals surface area (Å²) in [6.07, 6.45) is 2.18. The first-order valence-electron chi connectivity index (χ1n) is 10.4. The quantitative estimate of drug-likeness (QED) is 0.660. The van der Waals surface area contributed by atoms with Crippen molar-refractivity contribution in [2.75, 3.05) is 19.7 Å². The maximum absolute atomic E-state index is 13.1. The summed E-state index contributed by atoms with van der Waals surface area (Å²) < 4.78 is 7.58. The Morgan fingerprint density at radius 2 is 2.14 bits per heavy atom. The van der Waals surface area contributed by atoms with E-state index in [1.807, 2.05) is 25.1 Å². The number of H-pyrrole nitrogens is 1. The average molecular weight is 396 g/mol. The molecule has 1 fully saturated rings. The van der Waals surface area contributed by atoms with E-state index < -0.39 is 0 Å². The molecule has 4 rings (SSSR count). The van der Waals surface area contributed by atoms with Crippen LogP contribution in [0.3, 0.4) is 0 Å². The number of nitrogens with one attached hydrogen (secondary N) is 1. The van der Waals surface area contributed by atoms with Crippen LogP contribution in [-0.4, -0.2) is 55.9 Å². The molecule has 1 aliphatic rings. The van der Waals surface area contributed by atoms with Crippen molar-refractivity contribution in [2.45, 2.75) is 52.3 Å². The second-order valence-electron chi connectivity index (χ2n) is 7.62. The Morgan fingerprint density at radius 1 is 1.31 bits per heavy atom. The molecule has 1 N–H and O–H groups in total. The first kappa shape index (κ1) is 19.7. The van der Waals surface area contributed by atoms with Gasteiger partial charge in [0.25, 0.3) is 5.56 Å². The van der Waals surface area contributed by atoms with Crippen LogP contribution in [0.15, 0.2) is 29.1 Å². The van der Waals surface area contributed by atoms with Gasteiger partial charge >= 0.3 is 0 Å². The Morgan fingerprint density at radius 3 is 2.86 bits per heavy atom. The number of aryl methyl sites for hydroxylation is 1. The number of ether oxygens (including phenoxy) is 1. The standard InChI is InChI=1S/C21H28N6O2/c1-4-26(5-2)19(20-23-24-25-27(20)13-16-7-6-10-29-16)17-12-15-11-14(3)8-9-18(15)22-21(17)28/h8-9,11-12,16,19H,4-7,10,13H2,1-3H3,(H,22,28)/t16-,19-/m0/s1. The lowest BCUT2D eigenvalue weighted by Crippen LogP contribution is -2.35. The molecule has 0 saturated carbocycles. The van der Waals surface area contributed by atoms with E-state index >= 15 is 0 Å². The van der Waals surface area contributed by atoms with Gasteiger partial charge in [0.05, 0.1) is 12.6 Å². The van der Waals surface area contributed by atoms with Crippen molar-refractivity contribution in [3.8, 4) is 0 Å². The van der Waals surface area contributed by atoms with Crippen molar-refractivity contribution < 1.29 is 4.74 Å². The van der Waals surface area contributed by atoms with E-state index in [1.54, 1.807) is 4.68 Å². The first-order chi connectivity index (χ1) is 14.1. The molecule has 0 aliphatic carbocycles.